The molecule has 126 valence electrons. The number of fused-ring (bicyclic) bond motifs is 1. The molecule has 0 saturated carbocycles. The second-order valence-corrected chi connectivity index (χ2v) is 6.06. The van der Waals surface area contributed by atoms with E-state index in [0.29, 0.717) is 40.6 Å². The fourth-order valence-corrected chi connectivity index (χ4v) is 2.93. The Hall–Kier alpha value is -2.86. The van der Waals surface area contributed by atoms with Gasteiger partial charge in [0.1, 0.15) is 17.0 Å². The molecule has 0 saturated heterocycles. The Balaban J connectivity index is 1.89. The first-order chi connectivity index (χ1) is 12.2. The zero-order chi connectivity index (χ0) is 17.4. The normalized spacial score (nSPS) is 11.3. The van der Waals surface area contributed by atoms with Crippen LogP contribution in [0.4, 0.5) is 0 Å². The van der Waals surface area contributed by atoms with E-state index in [1.165, 1.54) is 0 Å². The molecule has 0 aliphatic rings. The van der Waals surface area contributed by atoms with Gasteiger partial charge in [-0.1, -0.05) is 18.5 Å². The van der Waals surface area contributed by atoms with Gasteiger partial charge in [0.05, 0.1) is 24.7 Å². The summed E-state index contributed by atoms with van der Waals surface area (Å²) in [6, 6.07) is 10.9. The molecule has 0 atom stereocenters. The average Bonchev–Trinajstić information content (AvgIpc) is 3.27. The average molecular weight is 355 g/mol. The summed E-state index contributed by atoms with van der Waals surface area (Å²) in [6.07, 6.45) is 3.77. The number of hydrogen-bond acceptors (Lipinski definition) is 4. The quantitative estimate of drug-likeness (QED) is 0.563. The van der Waals surface area contributed by atoms with Crippen LogP contribution in [0.15, 0.2) is 58.1 Å². The van der Waals surface area contributed by atoms with Crippen molar-refractivity contribution in [2.24, 2.45) is 0 Å². The lowest BCUT2D eigenvalue weighted by Gasteiger charge is -2.10. The van der Waals surface area contributed by atoms with Gasteiger partial charge in [-0.3, -0.25) is 9.36 Å². The molecule has 0 radical (unpaired) electrons. The number of benzene rings is 1. The Morgan fingerprint density at radius 1 is 1.20 bits per heavy atom. The topological polar surface area (TPSA) is 65.8 Å². The summed E-state index contributed by atoms with van der Waals surface area (Å²) in [5.41, 5.74) is 1.22. The predicted molar refractivity (Wildman–Crippen MR) is 95.3 cm³/mol. The highest BCUT2D eigenvalue weighted by Gasteiger charge is 2.16. The Morgan fingerprint density at radius 3 is 2.68 bits per heavy atom. The molecule has 3 heterocycles. The number of hydrogen-bond donors (Lipinski definition) is 0. The molecule has 0 amide bonds. The van der Waals surface area contributed by atoms with Crippen molar-refractivity contribution in [3.63, 3.8) is 0 Å². The number of furan rings is 1. The van der Waals surface area contributed by atoms with Crippen molar-refractivity contribution in [2.45, 2.75) is 19.9 Å². The van der Waals surface area contributed by atoms with Crippen molar-refractivity contribution in [3.8, 4) is 5.69 Å². The van der Waals surface area contributed by atoms with E-state index in [1.807, 2.05) is 25.1 Å². The van der Waals surface area contributed by atoms with Crippen LogP contribution in [-0.4, -0.2) is 19.3 Å². The van der Waals surface area contributed by atoms with E-state index in [1.54, 1.807) is 39.9 Å². The van der Waals surface area contributed by atoms with Crippen molar-refractivity contribution in [3.05, 3.63) is 75.8 Å². The predicted octanol–water partition coefficient (Wildman–Crippen LogP) is 3.44. The van der Waals surface area contributed by atoms with Gasteiger partial charge in [-0.2, -0.15) is 5.10 Å². The Kier molecular flexibility index (Phi) is 3.89. The lowest BCUT2D eigenvalue weighted by atomic mass is 10.3. The van der Waals surface area contributed by atoms with Gasteiger partial charge in [-0.05, 0) is 36.4 Å². The van der Waals surface area contributed by atoms with E-state index in [0.717, 1.165) is 5.69 Å². The molecule has 0 aliphatic heterocycles. The van der Waals surface area contributed by atoms with Gasteiger partial charge in [0.2, 0.25) is 0 Å². The zero-order valence-electron chi connectivity index (χ0n) is 13.5. The maximum Gasteiger partial charge on any atom is 0.265 e. The molecule has 0 bridgehead atoms. The molecule has 0 N–H and O–H groups in total. The van der Waals surface area contributed by atoms with Crippen molar-refractivity contribution >= 4 is 22.6 Å². The molecule has 6 nitrogen and oxygen atoms in total. The number of nitrogens with zero attached hydrogens (tertiary/aromatic N) is 4. The van der Waals surface area contributed by atoms with E-state index < -0.39 is 0 Å². The lowest BCUT2D eigenvalue weighted by molar-refractivity contribution is 0.483. The third-order valence-electron chi connectivity index (χ3n) is 4.05. The lowest BCUT2D eigenvalue weighted by Crippen LogP contribution is -2.25. The van der Waals surface area contributed by atoms with E-state index in [9.17, 15) is 4.79 Å². The summed E-state index contributed by atoms with van der Waals surface area (Å²) in [4.78, 5) is 17.6. The minimum absolute atomic E-state index is 0.126. The first-order valence-electron chi connectivity index (χ1n) is 7.93. The Labute approximate surface area is 148 Å². The molecule has 1 aromatic carbocycles. The number of halogens is 1. The molecular formula is C18H15ClN4O2. The van der Waals surface area contributed by atoms with Crippen LogP contribution in [0.25, 0.3) is 16.7 Å². The third kappa shape index (κ3) is 2.74. The molecule has 0 fully saturated rings. The highest BCUT2D eigenvalue weighted by Crippen LogP contribution is 2.18. The molecule has 3 aromatic heterocycles. The second kappa shape index (κ2) is 6.22. The van der Waals surface area contributed by atoms with Crippen LogP contribution in [0.1, 0.15) is 18.5 Å². The van der Waals surface area contributed by atoms with Gasteiger partial charge in [0.25, 0.3) is 5.56 Å². The van der Waals surface area contributed by atoms with Gasteiger partial charge in [0, 0.05) is 11.4 Å². The molecular weight excluding hydrogens is 340 g/mol. The maximum absolute atomic E-state index is 12.9. The fourth-order valence-electron chi connectivity index (χ4n) is 2.81. The number of aryl methyl sites for hydroxylation is 1. The van der Waals surface area contributed by atoms with Gasteiger partial charge >= 0.3 is 0 Å². The van der Waals surface area contributed by atoms with E-state index in [-0.39, 0.29) is 5.56 Å². The summed E-state index contributed by atoms with van der Waals surface area (Å²) in [5.74, 6) is 1.40. The van der Waals surface area contributed by atoms with Crippen LogP contribution >= 0.6 is 11.6 Å². The Bertz CT molecular complexity index is 1080. The summed E-state index contributed by atoms with van der Waals surface area (Å²) in [5, 5.41) is 5.46. The van der Waals surface area contributed by atoms with Crippen LogP contribution in [0.3, 0.4) is 0 Å². The molecule has 0 spiro atoms. The first kappa shape index (κ1) is 15.7. The van der Waals surface area contributed by atoms with Gasteiger partial charge in [-0.25, -0.2) is 9.67 Å². The summed E-state index contributed by atoms with van der Waals surface area (Å²) < 4.78 is 8.66. The molecule has 0 aliphatic carbocycles. The van der Waals surface area contributed by atoms with Crippen LogP contribution in [0.2, 0.25) is 5.02 Å². The molecule has 7 heteroatoms. The SMILES string of the molecule is CCc1nc2c(cnn2-c2ccc(Cl)cc2)c(=O)n1Cc1ccco1. The maximum atomic E-state index is 12.9. The van der Waals surface area contributed by atoms with Crippen molar-refractivity contribution in [1.82, 2.24) is 19.3 Å². The summed E-state index contributed by atoms with van der Waals surface area (Å²) in [6.45, 7) is 2.32. The van der Waals surface area contributed by atoms with E-state index in [4.69, 9.17) is 16.0 Å². The fraction of sp³-hybridized carbons (Fsp3) is 0.167. The van der Waals surface area contributed by atoms with Crippen LogP contribution < -0.4 is 5.56 Å². The minimum Gasteiger partial charge on any atom is -0.467 e. The van der Waals surface area contributed by atoms with Crippen LogP contribution in [-0.2, 0) is 13.0 Å². The summed E-state index contributed by atoms with van der Waals surface area (Å²) >= 11 is 5.95. The largest absolute Gasteiger partial charge is 0.467 e. The highest BCUT2D eigenvalue weighted by molar-refractivity contribution is 6.30. The van der Waals surface area contributed by atoms with E-state index >= 15 is 0 Å². The van der Waals surface area contributed by atoms with Crippen LogP contribution in [0, 0.1) is 0 Å². The molecule has 25 heavy (non-hydrogen) atoms. The van der Waals surface area contributed by atoms with Crippen molar-refractivity contribution < 1.29 is 4.42 Å². The Morgan fingerprint density at radius 2 is 2.00 bits per heavy atom. The summed E-state index contributed by atoms with van der Waals surface area (Å²) in [7, 11) is 0. The smallest absolute Gasteiger partial charge is 0.265 e. The standard InChI is InChI=1S/C18H15ClN4O2/c1-2-16-21-17-15(18(24)22(16)11-14-4-3-9-25-14)10-20-23(17)13-7-5-12(19)6-8-13/h3-10H,2,11H2,1H3. The van der Waals surface area contributed by atoms with Crippen molar-refractivity contribution in [2.75, 3.05) is 0 Å². The van der Waals surface area contributed by atoms with Gasteiger partial charge in [0.15, 0.2) is 5.65 Å². The molecule has 0 unspecified atom stereocenters. The van der Waals surface area contributed by atoms with Gasteiger partial charge < -0.3 is 4.42 Å². The highest BCUT2D eigenvalue weighted by atomic mass is 35.5. The van der Waals surface area contributed by atoms with E-state index in [2.05, 4.69) is 10.1 Å². The second-order valence-electron chi connectivity index (χ2n) is 5.62. The van der Waals surface area contributed by atoms with Crippen molar-refractivity contribution in [1.29, 1.82) is 0 Å². The number of aromatic nitrogens is 4. The van der Waals surface area contributed by atoms with Gasteiger partial charge in [-0.15, -0.1) is 0 Å². The number of rotatable bonds is 4. The molecule has 4 aromatic rings. The minimum atomic E-state index is -0.126. The first-order valence-corrected chi connectivity index (χ1v) is 8.31. The molecule has 4 rings (SSSR count). The monoisotopic (exact) mass is 354 g/mol. The zero-order valence-corrected chi connectivity index (χ0v) is 14.3. The third-order valence-corrected chi connectivity index (χ3v) is 4.30. The van der Waals surface area contributed by atoms with Crippen LogP contribution in [0.5, 0.6) is 0 Å².